The molecule has 0 unspecified atom stereocenters. The van der Waals surface area contributed by atoms with Gasteiger partial charge in [0.25, 0.3) is 0 Å². The predicted molar refractivity (Wildman–Crippen MR) is 129 cm³/mol. The van der Waals surface area contributed by atoms with Gasteiger partial charge in [-0.1, -0.05) is 24.3 Å². The lowest BCUT2D eigenvalue weighted by atomic mass is 9.76. The van der Waals surface area contributed by atoms with Gasteiger partial charge < -0.3 is 19.7 Å². The van der Waals surface area contributed by atoms with Crippen LogP contribution in [0.15, 0.2) is 48.5 Å². The number of aliphatic hydroxyl groups excluding tert-OH is 1. The van der Waals surface area contributed by atoms with Gasteiger partial charge in [0, 0.05) is 25.0 Å². The number of aldehydes is 1. The van der Waals surface area contributed by atoms with Crippen LogP contribution in [0.3, 0.4) is 0 Å². The van der Waals surface area contributed by atoms with Gasteiger partial charge >= 0.3 is 6.18 Å². The molecule has 0 bridgehead atoms. The molecule has 0 radical (unpaired) electrons. The second-order valence-electron chi connectivity index (χ2n) is 8.10. The Hall–Kier alpha value is -3.22. The van der Waals surface area contributed by atoms with E-state index >= 15 is 0 Å². The van der Waals surface area contributed by atoms with Crippen LogP contribution < -0.4 is 9.80 Å². The number of nitrogens with zero attached hydrogens (tertiary/aromatic N) is 3. The summed E-state index contributed by atoms with van der Waals surface area (Å²) in [6, 6.07) is 12.3. The number of hydrogen-bond donors (Lipinski definition) is 1. The number of rotatable bonds is 7. The van der Waals surface area contributed by atoms with Crippen molar-refractivity contribution >= 4 is 41.1 Å². The maximum Gasteiger partial charge on any atom is 0.417 e. The maximum absolute atomic E-state index is 13.5. The Morgan fingerprint density at radius 1 is 1.21 bits per heavy atom. The molecule has 3 rings (SSSR count). The summed E-state index contributed by atoms with van der Waals surface area (Å²) in [5, 5.41) is 18.2. The van der Waals surface area contributed by atoms with E-state index in [2.05, 4.69) is 0 Å². The van der Waals surface area contributed by atoms with E-state index in [9.17, 15) is 18.0 Å². The number of nitriles is 1. The van der Waals surface area contributed by atoms with E-state index < -0.39 is 22.8 Å². The first-order valence-electron chi connectivity index (χ1n) is 10.7. The lowest BCUT2D eigenvalue weighted by Gasteiger charge is -2.49. The van der Waals surface area contributed by atoms with Gasteiger partial charge in [-0.05, 0) is 73.8 Å². The molecule has 1 aliphatic rings. The van der Waals surface area contributed by atoms with Crippen molar-refractivity contribution in [3.8, 4) is 6.07 Å². The molecule has 9 heteroatoms. The van der Waals surface area contributed by atoms with Crippen molar-refractivity contribution in [1.29, 1.82) is 5.26 Å². The molecule has 5 nitrogen and oxygen atoms in total. The van der Waals surface area contributed by atoms with E-state index in [1.54, 1.807) is 18.0 Å². The summed E-state index contributed by atoms with van der Waals surface area (Å²) in [7, 11) is 1.54. The Bertz CT molecular complexity index is 1120. The second-order valence-corrected chi connectivity index (χ2v) is 8.46. The van der Waals surface area contributed by atoms with Crippen molar-refractivity contribution in [3.63, 3.8) is 0 Å². The number of alkyl halides is 3. The summed E-state index contributed by atoms with van der Waals surface area (Å²) in [5.41, 5.74) is -0.689. The fraction of sp³-hybridized carbons (Fsp3) is 0.320. The molecule has 0 saturated heterocycles. The molecule has 0 amide bonds. The molecule has 0 spiro atoms. The predicted octanol–water partition coefficient (Wildman–Crippen LogP) is 5.32. The summed E-state index contributed by atoms with van der Waals surface area (Å²) in [6.45, 7) is 0.0518. The number of carbonyl (C=O) groups excluding carboxylic acids is 1. The Morgan fingerprint density at radius 3 is 2.35 bits per heavy atom. The van der Waals surface area contributed by atoms with E-state index in [0.29, 0.717) is 24.9 Å². The minimum absolute atomic E-state index is 0.0518. The fourth-order valence-corrected chi connectivity index (χ4v) is 4.25. The minimum Gasteiger partial charge on any atom is -0.396 e. The third-order valence-corrected chi connectivity index (χ3v) is 6.39. The lowest BCUT2D eigenvalue weighted by Crippen LogP contribution is -2.60. The second kappa shape index (κ2) is 10.4. The highest BCUT2D eigenvalue weighted by atomic mass is 32.1. The zero-order valence-electron chi connectivity index (χ0n) is 18.5. The zero-order valence-corrected chi connectivity index (χ0v) is 19.4. The third-order valence-electron chi connectivity index (χ3n) is 5.94. The number of aliphatic hydroxyl groups is 1. The monoisotopic (exact) mass is 487 g/mol. The average molecular weight is 488 g/mol. The number of benzene rings is 2. The molecule has 0 heterocycles. The quantitative estimate of drug-likeness (QED) is 0.421. The molecule has 1 aliphatic carbocycles. The van der Waals surface area contributed by atoms with Crippen molar-refractivity contribution in [2.24, 2.45) is 0 Å². The Balaban J connectivity index is 1.99. The number of halogens is 3. The summed E-state index contributed by atoms with van der Waals surface area (Å²) in [5.74, 6) is 0. The SMILES string of the molecule is CN(C(=S)N(c1ccc(/C=C/CCO)cc1)C1(C=O)CCC1)c1ccc(C#N)c(C(F)(F)F)c1. The van der Waals surface area contributed by atoms with Gasteiger partial charge in [-0.25, -0.2) is 0 Å². The molecule has 1 fully saturated rings. The Morgan fingerprint density at radius 2 is 1.85 bits per heavy atom. The van der Waals surface area contributed by atoms with E-state index in [4.69, 9.17) is 22.6 Å². The number of carbonyl (C=O) groups is 1. The van der Waals surface area contributed by atoms with Crippen LogP contribution in [0, 0.1) is 11.3 Å². The van der Waals surface area contributed by atoms with Gasteiger partial charge in [-0.3, -0.25) is 0 Å². The van der Waals surface area contributed by atoms with Gasteiger partial charge in [0.15, 0.2) is 5.11 Å². The number of thiocarbonyl (C=S) groups is 1. The summed E-state index contributed by atoms with van der Waals surface area (Å²) in [6.07, 6.45) is 2.37. The number of hydrogen-bond acceptors (Lipinski definition) is 4. The first-order chi connectivity index (χ1) is 16.2. The summed E-state index contributed by atoms with van der Waals surface area (Å²) >= 11 is 5.70. The van der Waals surface area contributed by atoms with Crippen molar-refractivity contribution in [1.82, 2.24) is 0 Å². The fourth-order valence-electron chi connectivity index (χ4n) is 3.85. The molecule has 1 saturated carbocycles. The highest BCUT2D eigenvalue weighted by molar-refractivity contribution is 7.80. The number of anilines is 2. The van der Waals surface area contributed by atoms with Crippen molar-refractivity contribution < 1.29 is 23.1 Å². The van der Waals surface area contributed by atoms with Crippen LogP contribution in [0.25, 0.3) is 6.08 Å². The minimum atomic E-state index is -4.69. The van der Waals surface area contributed by atoms with E-state index in [1.165, 1.54) is 11.0 Å². The average Bonchev–Trinajstić information content (AvgIpc) is 2.80. The normalized spacial score (nSPS) is 14.8. The molecule has 0 aromatic heterocycles. The highest BCUT2D eigenvalue weighted by Gasteiger charge is 2.45. The molecule has 0 aliphatic heterocycles. The Kier molecular flexibility index (Phi) is 7.75. The van der Waals surface area contributed by atoms with Crippen LogP contribution in [0.1, 0.15) is 42.4 Å². The van der Waals surface area contributed by atoms with Crippen LogP contribution >= 0.6 is 12.2 Å². The van der Waals surface area contributed by atoms with E-state index in [0.717, 1.165) is 30.4 Å². The van der Waals surface area contributed by atoms with Gasteiger partial charge in [0.05, 0.1) is 17.2 Å². The highest BCUT2D eigenvalue weighted by Crippen LogP contribution is 2.41. The van der Waals surface area contributed by atoms with Gasteiger partial charge in [0.2, 0.25) is 0 Å². The molecule has 34 heavy (non-hydrogen) atoms. The molecule has 2 aromatic rings. The maximum atomic E-state index is 13.5. The van der Waals surface area contributed by atoms with Crippen LogP contribution in [0.5, 0.6) is 0 Å². The van der Waals surface area contributed by atoms with Crippen molar-refractivity contribution in [2.45, 2.75) is 37.4 Å². The standard InChI is InChI=1S/C25H24F3N3O2S/c1-30(21-11-8-19(16-29)22(15-21)25(26,27)28)23(34)31(24(17-33)12-4-13-24)20-9-6-18(7-10-20)5-2-3-14-32/h2,5-11,15,17,32H,3-4,12-14H2,1H3/b5-2+. The van der Waals surface area contributed by atoms with Gasteiger partial charge in [-0.2, -0.15) is 18.4 Å². The zero-order chi connectivity index (χ0) is 24.9. The van der Waals surface area contributed by atoms with Gasteiger partial charge in [0.1, 0.15) is 11.8 Å². The molecule has 0 atom stereocenters. The lowest BCUT2D eigenvalue weighted by molar-refractivity contribution is -0.137. The summed E-state index contributed by atoms with van der Waals surface area (Å²) < 4.78 is 40.4. The topological polar surface area (TPSA) is 67.6 Å². The molecule has 178 valence electrons. The molecular formula is C25H24F3N3O2S. The first kappa shape index (κ1) is 25.4. The molecule has 1 N–H and O–H groups in total. The van der Waals surface area contributed by atoms with Crippen LogP contribution in [0.2, 0.25) is 0 Å². The van der Waals surface area contributed by atoms with E-state index in [1.807, 2.05) is 36.4 Å². The van der Waals surface area contributed by atoms with Gasteiger partial charge in [-0.15, -0.1) is 0 Å². The third kappa shape index (κ3) is 5.13. The van der Waals surface area contributed by atoms with E-state index in [-0.39, 0.29) is 17.4 Å². The van der Waals surface area contributed by atoms with Crippen molar-refractivity contribution in [3.05, 3.63) is 65.2 Å². The smallest absolute Gasteiger partial charge is 0.396 e. The Labute approximate surface area is 201 Å². The summed E-state index contributed by atoms with van der Waals surface area (Å²) in [4.78, 5) is 15.3. The molecular weight excluding hydrogens is 463 g/mol. The van der Waals surface area contributed by atoms with Crippen LogP contribution in [-0.4, -0.2) is 35.7 Å². The van der Waals surface area contributed by atoms with Crippen molar-refractivity contribution in [2.75, 3.05) is 23.5 Å². The van der Waals surface area contributed by atoms with Crippen LogP contribution in [0.4, 0.5) is 24.5 Å². The van der Waals surface area contributed by atoms with Crippen LogP contribution in [-0.2, 0) is 11.0 Å². The first-order valence-corrected chi connectivity index (χ1v) is 11.1. The molecule has 2 aromatic carbocycles. The largest absolute Gasteiger partial charge is 0.417 e.